The van der Waals surface area contributed by atoms with E-state index in [4.69, 9.17) is 4.42 Å². The Labute approximate surface area is 156 Å². The summed E-state index contributed by atoms with van der Waals surface area (Å²) in [5.41, 5.74) is 0.795. The quantitative estimate of drug-likeness (QED) is 0.870. The second-order valence-electron chi connectivity index (χ2n) is 7.20. The summed E-state index contributed by atoms with van der Waals surface area (Å²) in [6.07, 6.45) is 4.61. The van der Waals surface area contributed by atoms with Crippen LogP contribution < -0.4 is 10.6 Å². The second-order valence-corrected chi connectivity index (χ2v) is 7.20. The number of halogens is 1. The molecule has 0 saturated carbocycles. The molecule has 2 aromatic rings. The van der Waals surface area contributed by atoms with Gasteiger partial charge in [0.15, 0.2) is 0 Å². The molecule has 27 heavy (non-hydrogen) atoms. The Morgan fingerprint density at radius 1 is 1.15 bits per heavy atom. The normalized spacial score (nSPS) is 22.2. The fourth-order valence-corrected chi connectivity index (χ4v) is 3.99. The summed E-state index contributed by atoms with van der Waals surface area (Å²) >= 11 is 0. The third kappa shape index (κ3) is 3.73. The van der Waals surface area contributed by atoms with Crippen LogP contribution in [0.2, 0.25) is 0 Å². The smallest absolute Gasteiger partial charge is 0.258 e. The van der Waals surface area contributed by atoms with Gasteiger partial charge in [0, 0.05) is 13.1 Å². The lowest BCUT2D eigenvalue weighted by atomic mass is 9.92. The third-order valence-corrected chi connectivity index (χ3v) is 5.55. The maximum Gasteiger partial charge on any atom is 0.258 e. The van der Waals surface area contributed by atoms with Gasteiger partial charge in [-0.3, -0.25) is 9.59 Å². The highest BCUT2D eigenvalue weighted by atomic mass is 19.1. The number of hydrogen-bond acceptors (Lipinski definition) is 4. The van der Waals surface area contributed by atoms with Gasteiger partial charge in [-0.25, -0.2) is 4.39 Å². The molecule has 7 heteroatoms. The standard InChI is InChI=1S/C20H22FN3O3/c21-16-1-2-17(18(9-16)23-19(25)15-5-8-27-12-15)20(26)24-6-3-13-10-22-11-14(13)4-7-24/h1-2,5,8-9,12-14,22H,3-4,6-7,10-11H2,(H,23,25)/t13-,14+. The van der Waals surface area contributed by atoms with Crippen LogP contribution in [0.3, 0.4) is 0 Å². The van der Waals surface area contributed by atoms with E-state index in [2.05, 4.69) is 10.6 Å². The molecule has 2 N–H and O–H groups in total. The number of nitrogens with one attached hydrogen (secondary N) is 2. The zero-order valence-electron chi connectivity index (χ0n) is 14.9. The van der Waals surface area contributed by atoms with Crippen LogP contribution in [0.4, 0.5) is 10.1 Å². The van der Waals surface area contributed by atoms with E-state index in [0.29, 0.717) is 36.1 Å². The number of nitrogens with zero attached hydrogens (tertiary/aromatic N) is 1. The first-order valence-corrected chi connectivity index (χ1v) is 9.25. The van der Waals surface area contributed by atoms with Crippen molar-refractivity contribution in [3.8, 4) is 0 Å². The molecule has 2 aliphatic heterocycles. The van der Waals surface area contributed by atoms with Crippen LogP contribution in [0.25, 0.3) is 0 Å². The Morgan fingerprint density at radius 2 is 1.89 bits per heavy atom. The number of hydrogen-bond donors (Lipinski definition) is 2. The van der Waals surface area contributed by atoms with E-state index in [1.807, 2.05) is 4.90 Å². The van der Waals surface area contributed by atoms with Crippen LogP contribution in [-0.4, -0.2) is 42.9 Å². The summed E-state index contributed by atoms with van der Waals surface area (Å²) in [5, 5.41) is 6.05. The molecule has 2 atom stereocenters. The van der Waals surface area contributed by atoms with E-state index in [0.717, 1.165) is 25.9 Å². The van der Waals surface area contributed by atoms with Gasteiger partial charge in [0.25, 0.3) is 11.8 Å². The molecule has 0 unspecified atom stereocenters. The van der Waals surface area contributed by atoms with Crippen molar-refractivity contribution in [1.82, 2.24) is 10.2 Å². The lowest BCUT2D eigenvalue weighted by molar-refractivity contribution is 0.0759. The highest BCUT2D eigenvalue weighted by molar-refractivity contribution is 6.08. The molecule has 0 bridgehead atoms. The van der Waals surface area contributed by atoms with Crippen molar-refractivity contribution in [3.05, 3.63) is 53.7 Å². The molecule has 1 aromatic heterocycles. The van der Waals surface area contributed by atoms with Crippen molar-refractivity contribution >= 4 is 17.5 Å². The van der Waals surface area contributed by atoms with E-state index in [-0.39, 0.29) is 11.6 Å². The molecule has 3 heterocycles. The fraction of sp³-hybridized carbons (Fsp3) is 0.400. The van der Waals surface area contributed by atoms with Crippen molar-refractivity contribution in [2.45, 2.75) is 12.8 Å². The van der Waals surface area contributed by atoms with Crippen molar-refractivity contribution in [2.24, 2.45) is 11.8 Å². The number of likely N-dealkylation sites (tertiary alicyclic amines) is 1. The molecule has 0 spiro atoms. The van der Waals surface area contributed by atoms with Gasteiger partial charge in [-0.15, -0.1) is 0 Å². The maximum absolute atomic E-state index is 13.8. The minimum absolute atomic E-state index is 0.176. The Kier molecular flexibility index (Phi) is 4.94. The lowest BCUT2D eigenvalue weighted by Gasteiger charge is -2.22. The van der Waals surface area contributed by atoms with Crippen molar-refractivity contribution in [2.75, 3.05) is 31.5 Å². The van der Waals surface area contributed by atoms with Gasteiger partial charge in [-0.05, 0) is 62.0 Å². The average molecular weight is 371 g/mol. The molecule has 2 fully saturated rings. The lowest BCUT2D eigenvalue weighted by Crippen LogP contribution is -2.33. The molecule has 0 aliphatic carbocycles. The van der Waals surface area contributed by atoms with E-state index < -0.39 is 11.7 Å². The Balaban J connectivity index is 1.54. The van der Waals surface area contributed by atoms with Gasteiger partial charge in [-0.2, -0.15) is 0 Å². The first-order valence-electron chi connectivity index (χ1n) is 9.25. The molecular weight excluding hydrogens is 349 g/mol. The average Bonchev–Trinajstić information content (AvgIpc) is 3.30. The zero-order valence-corrected chi connectivity index (χ0v) is 14.9. The van der Waals surface area contributed by atoms with Gasteiger partial charge in [-0.1, -0.05) is 0 Å². The molecule has 0 radical (unpaired) electrons. The predicted molar refractivity (Wildman–Crippen MR) is 98.0 cm³/mol. The van der Waals surface area contributed by atoms with Crippen LogP contribution in [0.5, 0.6) is 0 Å². The number of anilines is 1. The number of benzene rings is 1. The topological polar surface area (TPSA) is 74.6 Å². The number of amides is 2. The van der Waals surface area contributed by atoms with Crippen LogP contribution in [0.1, 0.15) is 33.6 Å². The Hall–Kier alpha value is -2.67. The SMILES string of the molecule is O=C(Nc1cc(F)ccc1C(=O)N1CC[C@@H]2CNC[C@@H]2CC1)c1ccoc1. The molecule has 2 saturated heterocycles. The first-order chi connectivity index (χ1) is 13.1. The highest BCUT2D eigenvalue weighted by Crippen LogP contribution is 2.29. The number of carbonyl (C=O) groups excluding carboxylic acids is 2. The first kappa shape index (κ1) is 17.7. The minimum Gasteiger partial charge on any atom is -0.472 e. The molecule has 142 valence electrons. The summed E-state index contributed by atoms with van der Waals surface area (Å²) in [7, 11) is 0. The van der Waals surface area contributed by atoms with Crippen LogP contribution >= 0.6 is 0 Å². The van der Waals surface area contributed by atoms with Gasteiger partial charge in [0.1, 0.15) is 12.1 Å². The number of carbonyl (C=O) groups is 2. The molecular formula is C20H22FN3O3. The van der Waals surface area contributed by atoms with E-state index in [9.17, 15) is 14.0 Å². The molecule has 1 aromatic carbocycles. The highest BCUT2D eigenvalue weighted by Gasteiger charge is 2.32. The third-order valence-electron chi connectivity index (χ3n) is 5.55. The number of fused-ring (bicyclic) bond motifs is 1. The summed E-state index contributed by atoms with van der Waals surface area (Å²) in [4.78, 5) is 27.2. The largest absolute Gasteiger partial charge is 0.472 e. The Morgan fingerprint density at radius 3 is 2.56 bits per heavy atom. The van der Waals surface area contributed by atoms with Crippen molar-refractivity contribution in [3.63, 3.8) is 0 Å². The maximum atomic E-state index is 13.8. The van der Waals surface area contributed by atoms with Gasteiger partial charge in [0.2, 0.25) is 0 Å². The van der Waals surface area contributed by atoms with E-state index in [1.165, 1.54) is 36.8 Å². The summed E-state index contributed by atoms with van der Waals surface area (Å²) in [5.74, 6) is 0.0865. The van der Waals surface area contributed by atoms with Crippen LogP contribution in [0.15, 0.2) is 41.2 Å². The van der Waals surface area contributed by atoms with E-state index in [1.54, 1.807) is 0 Å². The molecule has 4 rings (SSSR count). The zero-order chi connectivity index (χ0) is 18.8. The van der Waals surface area contributed by atoms with Gasteiger partial charge < -0.3 is 20.0 Å². The second kappa shape index (κ2) is 7.52. The predicted octanol–water partition coefficient (Wildman–Crippen LogP) is 2.74. The van der Waals surface area contributed by atoms with E-state index >= 15 is 0 Å². The van der Waals surface area contributed by atoms with Gasteiger partial charge >= 0.3 is 0 Å². The summed E-state index contributed by atoms with van der Waals surface area (Å²) in [6.45, 7) is 3.37. The Bertz CT molecular complexity index is 823. The molecule has 2 amide bonds. The van der Waals surface area contributed by atoms with Crippen LogP contribution in [0, 0.1) is 17.7 Å². The molecule has 6 nitrogen and oxygen atoms in total. The van der Waals surface area contributed by atoms with Crippen molar-refractivity contribution < 1.29 is 18.4 Å². The monoisotopic (exact) mass is 371 g/mol. The van der Waals surface area contributed by atoms with Gasteiger partial charge in [0.05, 0.1) is 23.1 Å². The number of furan rings is 1. The minimum atomic E-state index is -0.509. The number of rotatable bonds is 3. The summed E-state index contributed by atoms with van der Waals surface area (Å²) in [6, 6.07) is 5.38. The summed E-state index contributed by atoms with van der Waals surface area (Å²) < 4.78 is 18.7. The van der Waals surface area contributed by atoms with Crippen LogP contribution in [-0.2, 0) is 0 Å². The van der Waals surface area contributed by atoms with Crippen molar-refractivity contribution in [1.29, 1.82) is 0 Å². The fourth-order valence-electron chi connectivity index (χ4n) is 3.99. The molecule has 2 aliphatic rings.